The zero-order valence-electron chi connectivity index (χ0n) is 19.0. The van der Waals surface area contributed by atoms with Gasteiger partial charge >= 0.3 is 0 Å². The lowest BCUT2D eigenvalue weighted by molar-refractivity contribution is -0.0187. The molecule has 0 spiro atoms. The van der Waals surface area contributed by atoms with Crippen molar-refractivity contribution in [1.29, 1.82) is 0 Å². The van der Waals surface area contributed by atoms with E-state index in [1.165, 1.54) is 24.8 Å². The zero-order valence-corrected chi connectivity index (χ0v) is 19.0. The summed E-state index contributed by atoms with van der Waals surface area (Å²) < 4.78 is 5.65. The summed E-state index contributed by atoms with van der Waals surface area (Å²) in [7, 11) is 0. The van der Waals surface area contributed by atoms with Crippen molar-refractivity contribution in [2.75, 3.05) is 26.2 Å². The van der Waals surface area contributed by atoms with Crippen LogP contribution in [0.3, 0.4) is 0 Å². The molecule has 1 heterocycles. The first-order valence-electron chi connectivity index (χ1n) is 11.8. The summed E-state index contributed by atoms with van der Waals surface area (Å²) >= 11 is 0. The molecule has 2 atom stereocenters. The molecule has 2 aromatic rings. The highest BCUT2D eigenvalue weighted by Crippen LogP contribution is 2.42. The molecule has 1 fully saturated rings. The lowest BCUT2D eigenvalue weighted by Gasteiger charge is -2.41. The molecule has 3 heteroatoms. The van der Waals surface area contributed by atoms with Gasteiger partial charge in [-0.25, -0.2) is 0 Å². The normalized spacial score (nSPS) is 18.2. The molecule has 3 rings (SSSR count). The molecule has 164 valence electrons. The molecule has 0 unspecified atom stereocenters. The smallest absolute Gasteiger partial charge is 0.119 e. The van der Waals surface area contributed by atoms with E-state index in [1.807, 2.05) is 19.1 Å². The van der Waals surface area contributed by atoms with Crippen molar-refractivity contribution >= 4 is 0 Å². The Balaban J connectivity index is 1.98. The zero-order chi connectivity index (χ0) is 21.4. The average molecular weight is 410 g/mol. The Morgan fingerprint density at radius 1 is 0.967 bits per heavy atom. The summed E-state index contributed by atoms with van der Waals surface area (Å²) in [6.45, 7) is 10.3. The number of aliphatic hydroxyl groups is 1. The number of ether oxygens (including phenoxy) is 1. The van der Waals surface area contributed by atoms with Gasteiger partial charge in [-0.05, 0) is 74.9 Å². The van der Waals surface area contributed by atoms with E-state index < -0.39 is 5.60 Å². The van der Waals surface area contributed by atoms with E-state index in [0.717, 1.165) is 43.8 Å². The Bertz CT molecular complexity index is 737. The summed E-state index contributed by atoms with van der Waals surface area (Å²) in [5, 5.41) is 12.3. The van der Waals surface area contributed by atoms with Gasteiger partial charge in [-0.15, -0.1) is 0 Å². The van der Waals surface area contributed by atoms with E-state index in [0.29, 0.717) is 12.5 Å². The predicted octanol–water partition coefficient (Wildman–Crippen LogP) is 5.98. The van der Waals surface area contributed by atoms with Gasteiger partial charge in [0, 0.05) is 12.5 Å². The highest BCUT2D eigenvalue weighted by atomic mass is 16.5. The van der Waals surface area contributed by atoms with Crippen molar-refractivity contribution in [3.05, 3.63) is 65.7 Å². The minimum Gasteiger partial charge on any atom is -0.494 e. The average Bonchev–Trinajstić information content (AvgIpc) is 2.78. The second-order valence-corrected chi connectivity index (χ2v) is 9.14. The van der Waals surface area contributed by atoms with Crippen LogP contribution in [0, 0.1) is 5.92 Å². The van der Waals surface area contributed by atoms with Crippen LogP contribution in [0.1, 0.15) is 69.9 Å². The summed E-state index contributed by atoms with van der Waals surface area (Å²) in [5.41, 5.74) is 1.31. The topological polar surface area (TPSA) is 32.7 Å². The molecule has 1 N–H and O–H groups in total. The van der Waals surface area contributed by atoms with Crippen molar-refractivity contribution in [2.45, 2.75) is 64.4 Å². The fourth-order valence-electron chi connectivity index (χ4n) is 4.65. The molecular formula is C27H39NO2. The van der Waals surface area contributed by atoms with E-state index in [1.54, 1.807) is 0 Å². The molecule has 0 bridgehead atoms. The number of piperidine rings is 1. The number of likely N-dealkylation sites (tertiary alicyclic amines) is 1. The van der Waals surface area contributed by atoms with Crippen LogP contribution < -0.4 is 4.74 Å². The molecule has 3 nitrogen and oxygen atoms in total. The number of hydrogen-bond acceptors (Lipinski definition) is 3. The standard InChI is InChI=1S/C27H39NO2/c1-4-30-25-15-13-24(14-16-25)27(29,18-17-22(2)3)26(23-11-7-5-8-12-23)21-28-19-9-6-10-20-28/h5,7-8,11-16,22,26,29H,4,6,9-10,17-21H2,1-3H3/t26-,27+/m0/s1. The SMILES string of the molecule is CCOc1ccc([C@](O)(CCC(C)C)[C@@H](CN2CCCCC2)c2ccccc2)cc1. The second-order valence-electron chi connectivity index (χ2n) is 9.14. The molecule has 0 radical (unpaired) electrons. The maximum atomic E-state index is 12.3. The first-order chi connectivity index (χ1) is 14.5. The van der Waals surface area contributed by atoms with E-state index in [2.05, 4.69) is 61.2 Å². The molecule has 30 heavy (non-hydrogen) atoms. The largest absolute Gasteiger partial charge is 0.494 e. The molecule has 0 amide bonds. The second kappa shape index (κ2) is 11.0. The summed E-state index contributed by atoms with van der Waals surface area (Å²) in [6.07, 6.45) is 5.59. The molecule has 1 aliphatic rings. The minimum atomic E-state index is -0.909. The third-order valence-corrected chi connectivity index (χ3v) is 6.44. The van der Waals surface area contributed by atoms with Gasteiger partial charge in [0.25, 0.3) is 0 Å². The molecule has 0 aromatic heterocycles. The number of benzene rings is 2. The van der Waals surface area contributed by atoms with Gasteiger partial charge in [-0.1, -0.05) is 62.7 Å². The van der Waals surface area contributed by atoms with Gasteiger partial charge in [0.15, 0.2) is 0 Å². The lowest BCUT2D eigenvalue weighted by atomic mass is 9.73. The van der Waals surface area contributed by atoms with Gasteiger partial charge in [0.1, 0.15) is 5.75 Å². The fourth-order valence-corrected chi connectivity index (χ4v) is 4.65. The van der Waals surface area contributed by atoms with Crippen molar-refractivity contribution in [3.63, 3.8) is 0 Å². The van der Waals surface area contributed by atoms with Crippen molar-refractivity contribution in [1.82, 2.24) is 4.90 Å². The third-order valence-electron chi connectivity index (χ3n) is 6.44. The van der Waals surface area contributed by atoms with Crippen LogP contribution in [-0.4, -0.2) is 36.2 Å². The van der Waals surface area contributed by atoms with Gasteiger partial charge in [0.2, 0.25) is 0 Å². The van der Waals surface area contributed by atoms with E-state index in [-0.39, 0.29) is 5.92 Å². The number of rotatable bonds is 10. The predicted molar refractivity (Wildman–Crippen MR) is 125 cm³/mol. The first kappa shape index (κ1) is 22.8. The molecule has 1 saturated heterocycles. The van der Waals surface area contributed by atoms with Crippen LogP contribution in [0.4, 0.5) is 0 Å². The first-order valence-corrected chi connectivity index (χ1v) is 11.8. The van der Waals surface area contributed by atoms with Crippen molar-refractivity contribution in [3.8, 4) is 5.75 Å². The Labute approximate surface area is 183 Å². The Morgan fingerprint density at radius 3 is 2.23 bits per heavy atom. The van der Waals surface area contributed by atoms with Crippen LogP contribution in [0.2, 0.25) is 0 Å². The maximum absolute atomic E-state index is 12.3. The van der Waals surface area contributed by atoms with Gasteiger partial charge in [-0.2, -0.15) is 0 Å². The molecule has 0 aliphatic carbocycles. The Morgan fingerprint density at radius 2 is 1.63 bits per heavy atom. The highest BCUT2D eigenvalue weighted by molar-refractivity contribution is 5.35. The van der Waals surface area contributed by atoms with Crippen LogP contribution in [0.5, 0.6) is 5.75 Å². The van der Waals surface area contributed by atoms with Crippen LogP contribution >= 0.6 is 0 Å². The van der Waals surface area contributed by atoms with Crippen LogP contribution in [0.15, 0.2) is 54.6 Å². The van der Waals surface area contributed by atoms with Crippen LogP contribution in [-0.2, 0) is 5.60 Å². The number of hydrogen-bond donors (Lipinski definition) is 1. The third kappa shape index (κ3) is 5.86. The molecule has 2 aromatic carbocycles. The van der Waals surface area contributed by atoms with E-state index in [4.69, 9.17) is 4.74 Å². The van der Waals surface area contributed by atoms with Crippen molar-refractivity contribution in [2.24, 2.45) is 5.92 Å². The fraction of sp³-hybridized carbons (Fsp3) is 0.556. The monoisotopic (exact) mass is 409 g/mol. The minimum absolute atomic E-state index is 0.0356. The van der Waals surface area contributed by atoms with Gasteiger partial charge < -0.3 is 14.7 Å². The molecular weight excluding hydrogens is 370 g/mol. The molecule has 1 aliphatic heterocycles. The summed E-state index contributed by atoms with van der Waals surface area (Å²) in [6, 6.07) is 18.8. The summed E-state index contributed by atoms with van der Waals surface area (Å²) in [4.78, 5) is 2.55. The summed E-state index contributed by atoms with van der Waals surface area (Å²) in [5.74, 6) is 1.44. The quantitative estimate of drug-likeness (QED) is 0.524. The van der Waals surface area contributed by atoms with E-state index in [9.17, 15) is 5.11 Å². The van der Waals surface area contributed by atoms with E-state index >= 15 is 0 Å². The highest BCUT2D eigenvalue weighted by Gasteiger charge is 2.40. The molecule has 0 saturated carbocycles. The van der Waals surface area contributed by atoms with Gasteiger partial charge in [0.05, 0.1) is 12.2 Å². The Kier molecular flexibility index (Phi) is 8.35. The van der Waals surface area contributed by atoms with Gasteiger partial charge in [-0.3, -0.25) is 0 Å². The number of nitrogens with zero attached hydrogens (tertiary/aromatic N) is 1. The Hall–Kier alpha value is -1.84. The van der Waals surface area contributed by atoms with Crippen LogP contribution in [0.25, 0.3) is 0 Å². The maximum Gasteiger partial charge on any atom is 0.119 e. The lowest BCUT2D eigenvalue weighted by Crippen LogP contribution is -2.43. The van der Waals surface area contributed by atoms with Crippen molar-refractivity contribution < 1.29 is 9.84 Å².